The van der Waals surface area contributed by atoms with Gasteiger partial charge in [0.2, 0.25) is 0 Å². The van der Waals surface area contributed by atoms with E-state index in [2.05, 4.69) is 10.0 Å². The van der Waals surface area contributed by atoms with Gasteiger partial charge in [0, 0.05) is 5.54 Å². The van der Waals surface area contributed by atoms with Crippen LogP contribution in [0, 0.1) is 0 Å². The molecule has 0 saturated heterocycles. The molecule has 0 aliphatic heterocycles. The van der Waals surface area contributed by atoms with E-state index in [-0.39, 0.29) is 25.2 Å². The van der Waals surface area contributed by atoms with Gasteiger partial charge in [0.25, 0.3) is 0 Å². The standard InChI is InChI=1S/C22H28F3N2O5P/c1-15(27-31-13-16-3-2-4-20(11-16)22(23,24)25)17-5-7-18(8-6-17)19-9-10-21(26,12-19)14-32-33(28,29)30/h2-8,11,15,19,27H,9-10,12-14,26H2,1H3,(H2,28,29,30)/t15?,19-,21-/m1/s1. The lowest BCUT2D eigenvalue weighted by Gasteiger charge is -2.24. The summed E-state index contributed by atoms with van der Waals surface area (Å²) < 4.78 is 54.0. The van der Waals surface area contributed by atoms with E-state index in [4.69, 9.17) is 20.4 Å². The van der Waals surface area contributed by atoms with Crippen molar-refractivity contribution in [2.75, 3.05) is 6.61 Å². The topological polar surface area (TPSA) is 114 Å². The van der Waals surface area contributed by atoms with Crippen molar-refractivity contribution in [1.29, 1.82) is 0 Å². The van der Waals surface area contributed by atoms with Gasteiger partial charge in [0.1, 0.15) is 0 Å². The van der Waals surface area contributed by atoms with E-state index in [9.17, 15) is 17.7 Å². The number of hydrogen-bond donors (Lipinski definition) is 4. The Morgan fingerprint density at radius 3 is 2.58 bits per heavy atom. The molecule has 0 amide bonds. The minimum atomic E-state index is -4.56. The molecule has 0 spiro atoms. The Kier molecular flexibility index (Phi) is 8.01. The van der Waals surface area contributed by atoms with Crippen molar-refractivity contribution in [3.8, 4) is 0 Å². The van der Waals surface area contributed by atoms with Crippen LogP contribution in [0.25, 0.3) is 0 Å². The first-order chi connectivity index (χ1) is 15.3. The van der Waals surface area contributed by atoms with Crippen LogP contribution in [0.15, 0.2) is 48.5 Å². The molecule has 0 bridgehead atoms. The molecule has 7 nitrogen and oxygen atoms in total. The van der Waals surface area contributed by atoms with Gasteiger partial charge in [-0.05, 0) is 60.9 Å². The van der Waals surface area contributed by atoms with E-state index in [1.807, 2.05) is 31.2 Å². The molecule has 2 aromatic carbocycles. The first-order valence-electron chi connectivity index (χ1n) is 10.5. The first-order valence-corrected chi connectivity index (χ1v) is 12.0. The molecule has 5 N–H and O–H groups in total. The monoisotopic (exact) mass is 488 g/mol. The van der Waals surface area contributed by atoms with Crippen LogP contribution in [0.1, 0.15) is 60.4 Å². The van der Waals surface area contributed by atoms with Crippen molar-refractivity contribution < 1.29 is 36.9 Å². The summed E-state index contributed by atoms with van der Waals surface area (Å²) in [5.74, 6) is 0.157. The SMILES string of the molecule is CC(NOCc1cccc(C(F)(F)F)c1)c1ccc([C@@H]2CC[C@](N)(COP(=O)(O)O)C2)cc1. The average Bonchev–Trinajstić information content (AvgIpc) is 3.14. The number of phosphoric ester groups is 1. The maximum atomic E-state index is 12.8. The highest BCUT2D eigenvalue weighted by atomic mass is 31.2. The van der Waals surface area contributed by atoms with Gasteiger partial charge in [0.05, 0.1) is 24.8 Å². The molecule has 0 radical (unpaired) electrons. The van der Waals surface area contributed by atoms with Crippen molar-refractivity contribution >= 4 is 7.82 Å². The van der Waals surface area contributed by atoms with Crippen molar-refractivity contribution in [2.45, 2.75) is 56.5 Å². The Bertz CT molecular complexity index is 983. The van der Waals surface area contributed by atoms with Gasteiger partial charge < -0.3 is 15.5 Å². The Hall–Kier alpha value is -1.78. The lowest BCUT2D eigenvalue weighted by Crippen LogP contribution is -2.41. The Morgan fingerprint density at radius 2 is 1.94 bits per heavy atom. The summed E-state index contributed by atoms with van der Waals surface area (Å²) in [6, 6.07) is 12.6. The molecule has 1 saturated carbocycles. The number of benzene rings is 2. The molecule has 3 rings (SSSR count). The van der Waals surface area contributed by atoms with Gasteiger partial charge in [-0.3, -0.25) is 9.36 Å². The van der Waals surface area contributed by atoms with Crippen LogP contribution in [0.2, 0.25) is 0 Å². The third-order valence-corrected chi connectivity index (χ3v) is 6.29. The van der Waals surface area contributed by atoms with E-state index in [1.165, 1.54) is 6.07 Å². The van der Waals surface area contributed by atoms with E-state index < -0.39 is 25.1 Å². The molecule has 1 aliphatic carbocycles. The van der Waals surface area contributed by atoms with Crippen LogP contribution < -0.4 is 11.2 Å². The number of hydroxylamine groups is 1. The quantitative estimate of drug-likeness (QED) is 0.302. The molecular formula is C22H28F3N2O5P. The minimum Gasteiger partial charge on any atom is -0.323 e. The Balaban J connectivity index is 1.50. The smallest absolute Gasteiger partial charge is 0.323 e. The molecule has 33 heavy (non-hydrogen) atoms. The number of halogens is 3. The molecule has 1 fully saturated rings. The van der Waals surface area contributed by atoms with Crippen LogP contribution in [0.4, 0.5) is 13.2 Å². The van der Waals surface area contributed by atoms with Gasteiger partial charge in [-0.1, -0.05) is 36.4 Å². The molecule has 11 heteroatoms. The van der Waals surface area contributed by atoms with Gasteiger partial charge in [-0.15, -0.1) is 0 Å². The average molecular weight is 488 g/mol. The van der Waals surface area contributed by atoms with Crippen molar-refractivity contribution in [3.05, 3.63) is 70.8 Å². The van der Waals surface area contributed by atoms with Crippen LogP contribution >= 0.6 is 7.82 Å². The summed E-state index contributed by atoms with van der Waals surface area (Å²) in [6.45, 7) is 1.67. The maximum absolute atomic E-state index is 12.8. The molecule has 0 aromatic heterocycles. The Morgan fingerprint density at radius 1 is 1.24 bits per heavy atom. The van der Waals surface area contributed by atoms with Crippen molar-refractivity contribution in [3.63, 3.8) is 0 Å². The number of phosphoric acid groups is 1. The van der Waals surface area contributed by atoms with E-state index >= 15 is 0 Å². The lowest BCUT2D eigenvalue weighted by atomic mass is 9.92. The zero-order chi connectivity index (χ0) is 24.3. The fourth-order valence-corrected chi connectivity index (χ4v) is 4.42. The van der Waals surface area contributed by atoms with Crippen molar-refractivity contribution in [1.82, 2.24) is 5.48 Å². The highest BCUT2D eigenvalue weighted by Crippen LogP contribution is 2.43. The summed E-state index contributed by atoms with van der Waals surface area (Å²) in [5.41, 5.74) is 10.0. The largest absolute Gasteiger partial charge is 0.469 e. The summed E-state index contributed by atoms with van der Waals surface area (Å²) in [5, 5.41) is 0. The van der Waals surface area contributed by atoms with Gasteiger partial charge in [0.15, 0.2) is 0 Å². The zero-order valence-corrected chi connectivity index (χ0v) is 19.0. The highest BCUT2D eigenvalue weighted by Gasteiger charge is 2.38. The lowest BCUT2D eigenvalue weighted by molar-refractivity contribution is -0.137. The number of nitrogens with one attached hydrogen (secondary N) is 1. The van der Waals surface area contributed by atoms with Crippen LogP contribution in [-0.2, 0) is 26.7 Å². The summed E-state index contributed by atoms with van der Waals surface area (Å²) in [4.78, 5) is 23.2. The fourth-order valence-electron chi connectivity index (χ4n) is 4.00. The molecule has 1 unspecified atom stereocenters. The number of rotatable bonds is 9. The second-order valence-corrected chi connectivity index (χ2v) is 9.80. The Labute approximate surface area is 190 Å². The van der Waals surface area contributed by atoms with Crippen LogP contribution in [-0.4, -0.2) is 21.9 Å². The predicted molar refractivity (Wildman–Crippen MR) is 116 cm³/mol. The molecule has 1 aliphatic rings. The zero-order valence-electron chi connectivity index (χ0n) is 18.1. The molecule has 0 heterocycles. The molecule has 182 valence electrons. The summed E-state index contributed by atoms with van der Waals surface area (Å²) >= 11 is 0. The van der Waals surface area contributed by atoms with Gasteiger partial charge in [-0.2, -0.15) is 18.7 Å². The summed E-state index contributed by atoms with van der Waals surface area (Å²) in [6.07, 6.45) is -2.46. The normalized spacial score (nSPS) is 22.5. The number of alkyl halides is 3. The van der Waals surface area contributed by atoms with Gasteiger partial charge >= 0.3 is 14.0 Å². The third kappa shape index (κ3) is 7.61. The second-order valence-electron chi connectivity index (χ2n) is 8.56. The van der Waals surface area contributed by atoms with Crippen LogP contribution in [0.3, 0.4) is 0 Å². The molecular weight excluding hydrogens is 460 g/mol. The number of hydrogen-bond acceptors (Lipinski definition) is 5. The van der Waals surface area contributed by atoms with E-state index in [1.54, 1.807) is 6.07 Å². The highest BCUT2D eigenvalue weighted by molar-refractivity contribution is 7.46. The van der Waals surface area contributed by atoms with E-state index in [0.717, 1.165) is 29.7 Å². The molecule has 3 atom stereocenters. The maximum Gasteiger partial charge on any atom is 0.469 e. The van der Waals surface area contributed by atoms with Crippen LogP contribution in [0.5, 0.6) is 0 Å². The first kappa shape index (κ1) is 25.8. The third-order valence-electron chi connectivity index (χ3n) is 5.82. The second kappa shape index (κ2) is 10.2. The fraction of sp³-hybridized carbons (Fsp3) is 0.455. The minimum absolute atomic E-state index is 0.0102. The summed E-state index contributed by atoms with van der Waals surface area (Å²) in [7, 11) is -4.56. The molecule has 2 aromatic rings. The van der Waals surface area contributed by atoms with E-state index in [0.29, 0.717) is 18.4 Å². The van der Waals surface area contributed by atoms with Gasteiger partial charge in [-0.25, -0.2) is 4.57 Å². The van der Waals surface area contributed by atoms with Crippen molar-refractivity contribution in [2.24, 2.45) is 5.73 Å². The predicted octanol–water partition coefficient (Wildman–Crippen LogP) is 4.56. The number of nitrogens with two attached hydrogens (primary N) is 1.